The van der Waals surface area contributed by atoms with Crippen LogP contribution in [0.15, 0.2) is 164 Å². The maximum absolute atomic E-state index is 9.14. The average molecular weight is 1050 g/mol. The summed E-state index contributed by atoms with van der Waals surface area (Å²) in [5.74, 6) is 1.74. The summed E-state index contributed by atoms with van der Waals surface area (Å²) in [6, 6.07) is 33.0. The third kappa shape index (κ3) is 7.38. The summed E-state index contributed by atoms with van der Waals surface area (Å²) in [7, 11) is 0. The molecule has 0 aliphatic heterocycles. The molecule has 0 atom stereocenters. The predicted molar refractivity (Wildman–Crippen MR) is 265 cm³/mol. The third-order valence-corrected chi connectivity index (χ3v) is 13.0. The van der Waals surface area contributed by atoms with E-state index in [0.717, 1.165) is 57.2 Å². The summed E-state index contributed by atoms with van der Waals surface area (Å²) in [5, 5.41) is 2.05. The Morgan fingerprint density at radius 1 is 0.697 bits per heavy atom. The molecule has 0 bridgehead atoms. The Balaban J connectivity index is 0.00000657. The molecule has 0 spiro atoms. The molecule has 0 unspecified atom stereocenters. The fourth-order valence-corrected chi connectivity index (χ4v) is 9.48. The maximum Gasteiger partial charge on any atom is 0.268 e. The van der Waals surface area contributed by atoms with E-state index in [1.165, 1.54) is 0 Å². The van der Waals surface area contributed by atoms with Crippen LogP contribution in [0.4, 0.5) is 0 Å². The normalized spacial score (nSPS) is 16.4. The van der Waals surface area contributed by atoms with Crippen LogP contribution in [0.5, 0.6) is 11.5 Å². The number of aromatic nitrogens is 4. The van der Waals surface area contributed by atoms with E-state index < -0.39 is 60.4 Å². The molecule has 0 amide bonds. The van der Waals surface area contributed by atoms with Gasteiger partial charge in [-0.1, -0.05) is 187 Å². The summed E-state index contributed by atoms with van der Waals surface area (Å²) < 4.78 is 101. The molecule has 1 aliphatic rings. The second-order valence-corrected chi connectivity index (χ2v) is 19.2. The standard InChI is InChI=1S/C60H52N4O.Pt/c1-58(2,3)42-31-34-61-55(35-42)64-50-26-15-14-23-47(50)48-30-29-44(38-53(48)64)65-54-37-43(36-49-56(54)60(6,7)33-32-59(49,4)5)62-39-63(52-28-17-16-27-51(52)62)57-45(40-19-10-8-11-20-40)24-18-25-46(57)41-21-12-9-13-22-41;/h8-31,34-36H,32-33H2,1-7H3;/q-2;/i8D,9D,10D,11D,12D,13D,19D,20D,21D,22D;. The molecule has 3 heterocycles. The van der Waals surface area contributed by atoms with Crippen molar-refractivity contribution in [2.45, 2.75) is 77.6 Å². The SMILES string of the molecule is [2H]c1c([2H])c([2H])c(-c2cccc(-c3c([2H])c([2H])c([2H])c([2H])c3[2H])c2-[n+]2[c-]n(-c3[c-]c(Oc4[c-]c5c(cc4)c4ccccc4n5-c4cc(C(C)(C)C)ccn4)c4c(c3)C(C)(C)CCC4(C)C)c3ccccc32)c([2H])c1[2H].[Pt]. The van der Waals surface area contributed by atoms with E-state index in [4.69, 9.17) is 23.4 Å². The molecule has 0 N–H and O–H groups in total. The summed E-state index contributed by atoms with van der Waals surface area (Å²) >= 11 is 0. The van der Waals surface area contributed by atoms with Gasteiger partial charge in [0.2, 0.25) is 0 Å². The van der Waals surface area contributed by atoms with Gasteiger partial charge in [0.25, 0.3) is 6.33 Å². The summed E-state index contributed by atoms with van der Waals surface area (Å²) in [6.07, 6.45) is 7.17. The molecule has 0 radical (unpaired) electrons. The fourth-order valence-electron chi connectivity index (χ4n) is 9.48. The molecule has 7 aromatic carbocycles. The first-order valence-corrected chi connectivity index (χ1v) is 21.9. The minimum atomic E-state index is -0.567. The van der Waals surface area contributed by atoms with E-state index in [1.54, 1.807) is 22.8 Å². The van der Waals surface area contributed by atoms with Crippen molar-refractivity contribution in [1.29, 1.82) is 0 Å². The van der Waals surface area contributed by atoms with Gasteiger partial charge >= 0.3 is 0 Å². The Morgan fingerprint density at radius 3 is 2.05 bits per heavy atom. The van der Waals surface area contributed by atoms with E-state index in [2.05, 4.69) is 108 Å². The zero-order valence-electron chi connectivity index (χ0n) is 47.7. The van der Waals surface area contributed by atoms with Gasteiger partial charge < -0.3 is 13.9 Å². The number of rotatable bonds is 7. The van der Waals surface area contributed by atoms with Gasteiger partial charge in [-0.2, -0.15) is 12.1 Å². The summed E-state index contributed by atoms with van der Waals surface area (Å²) in [5.41, 5.74) is 6.21. The van der Waals surface area contributed by atoms with E-state index in [0.29, 0.717) is 28.2 Å². The molecule has 66 heavy (non-hydrogen) atoms. The quantitative estimate of drug-likeness (QED) is 0.118. The van der Waals surface area contributed by atoms with Gasteiger partial charge in [0.15, 0.2) is 0 Å². The van der Waals surface area contributed by atoms with Gasteiger partial charge in [0.1, 0.15) is 5.82 Å². The van der Waals surface area contributed by atoms with Crippen LogP contribution >= 0.6 is 0 Å². The third-order valence-electron chi connectivity index (χ3n) is 13.0. The molecule has 0 fully saturated rings. The molecule has 6 heteroatoms. The first-order chi connectivity index (χ1) is 35.5. The van der Waals surface area contributed by atoms with Crippen molar-refractivity contribution in [3.8, 4) is 50.9 Å². The van der Waals surface area contributed by atoms with Crippen molar-refractivity contribution in [2.24, 2.45) is 0 Å². The Bertz CT molecular complexity index is 3920. The number of pyridine rings is 1. The first kappa shape index (κ1) is 33.0. The molecule has 1 aliphatic carbocycles. The van der Waals surface area contributed by atoms with Crippen molar-refractivity contribution in [2.75, 3.05) is 0 Å². The van der Waals surface area contributed by atoms with Crippen LogP contribution < -0.4 is 9.30 Å². The Labute approximate surface area is 416 Å². The number of hydrogen-bond donors (Lipinski definition) is 0. The number of imidazole rings is 1. The molecule has 0 saturated heterocycles. The minimum Gasteiger partial charge on any atom is -0.509 e. The first-order valence-electron chi connectivity index (χ1n) is 26.9. The number of fused-ring (bicyclic) bond motifs is 5. The smallest absolute Gasteiger partial charge is 0.268 e. The van der Waals surface area contributed by atoms with Gasteiger partial charge in [-0.3, -0.25) is 4.57 Å². The molecule has 11 rings (SSSR count). The van der Waals surface area contributed by atoms with E-state index >= 15 is 0 Å². The van der Waals surface area contributed by atoms with E-state index in [1.807, 2.05) is 53.2 Å². The zero-order valence-corrected chi connectivity index (χ0v) is 40.0. The Morgan fingerprint density at radius 2 is 1.35 bits per heavy atom. The van der Waals surface area contributed by atoms with Crippen molar-refractivity contribution < 1.29 is 44.1 Å². The van der Waals surface area contributed by atoms with Crippen LogP contribution in [0.2, 0.25) is 0 Å². The molecule has 10 aromatic rings. The van der Waals surface area contributed by atoms with Crippen molar-refractivity contribution in [3.63, 3.8) is 0 Å². The minimum absolute atomic E-state index is 0. The number of ether oxygens (including phenoxy) is 1. The van der Waals surface area contributed by atoms with E-state index in [-0.39, 0.29) is 65.3 Å². The number of nitrogens with zero attached hydrogens (tertiary/aromatic N) is 4. The van der Waals surface area contributed by atoms with Crippen LogP contribution in [0.1, 0.15) is 91.7 Å². The largest absolute Gasteiger partial charge is 0.509 e. The molecule has 5 nitrogen and oxygen atoms in total. The van der Waals surface area contributed by atoms with Gasteiger partial charge in [0, 0.05) is 44.3 Å². The monoisotopic (exact) mass is 1050 g/mol. The topological polar surface area (TPSA) is 35.9 Å². The maximum atomic E-state index is 9.14. The summed E-state index contributed by atoms with van der Waals surface area (Å²) in [6.45, 7) is 15.5. The van der Waals surface area contributed by atoms with Crippen LogP contribution in [0.25, 0.3) is 72.3 Å². The predicted octanol–water partition coefficient (Wildman–Crippen LogP) is 14.6. The number of hydrogen-bond acceptors (Lipinski definition) is 2. The van der Waals surface area contributed by atoms with Gasteiger partial charge in [-0.25, -0.2) is 4.98 Å². The van der Waals surface area contributed by atoms with Crippen molar-refractivity contribution in [1.82, 2.24) is 14.1 Å². The van der Waals surface area contributed by atoms with Crippen LogP contribution in [-0.2, 0) is 37.3 Å². The van der Waals surface area contributed by atoms with Crippen molar-refractivity contribution >= 4 is 32.8 Å². The van der Waals surface area contributed by atoms with Gasteiger partial charge in [-0.05, 0) is 74.3 Å². The van der Waals surface area contributed by atoms with Crippen LogP contribution in [0, 0.1) is 18.5 Å². The van der Waals surface area contributed by atoms with Crippen LogP contribution in [-0.4, -0.2) is 14.1 Å². The van der Waals surface area contributed by atoms with Crippen molar-refractivity contribution in [3.05, 3.63) is 199 Å². The second kappa shape index (κ2) is 16.4. The molecule has 3 aromatic heterocycles. The molecular formula is C60H52N4OPt-2. The Hall–Kier alpha value is -6.55. The Kier molecular flexibility index (Phi) is 8.20. The van der Waals surface area contributed by atoms with E-state index in [9.17, 15) is 0 Å². The number of para-hydroxylation sites is 4. The van der Waals surface area contributed by atoms with Crippen LogP contribution in [0.3, 0.4) is 0 Å². The second-order valence-electron chi connectivity index (χ2n) is 19.2. The average Bonchev–Trinajstić information content (AvgIpc) is 4.05. The van der Waals surface area contributed by atoms with Gasteiger partial charge in [-0.15, -0.1) is 34.7 Å². The summed E-state index contributed by atoms with van der Waals surface area (Å²) in [4.78, 5) is 4.88. The molecule has 330 valence electrons. The molecular weight excluding hydrogens is 988 g/mol. The fraction of sp³-hybridized carbons (Fsp3) is 0.200. The molecule has 0 saturated carbocycles. The number of benzene rings is 7. The zero-order chi connectivity index (χ0) is 53.4. The van der Waals surface area contributed by atoms with Gasteiger partial charge in [0.05, 0.1) is 30.4 Å².